The molecule has 7 nitrogen and oxygen atoms in total. The molecule has 1 amide bonds. The summed E-state index contributed by atoms with van der Waals surface area (Å²) in [6.07, 6.45) is 7.32. The van der Waals surface area contributed by atoms with E-state index in [-0.39, 0.29) is 11.1 Å². The van der Waals surface area contributed by atoms with Crippen LogP contribution in [0.5, 0.6) is 5.75 Å². The highest BCUT2D eigenvalue weighted by atomic mass is 28.4. The number of aromatic nitrogens is 1. The topological polar surface area (TPSA) is 85.0 Å². The molecule has 0 spiro atoms. The number of carboxylic acid groups (broad SMARTS) is 1. The van der Waals surface area contributed by atoms with Crippen LogP contribution >= 0.6 is 0 Å². The number of rotatable bonds is 10. The first-order valence-electron chi connectivity index (χ1n) is 17.4. The van der Waals surface area contributed by atoms with Gasteiger partial charge >= 0.3 is 6.09 Å². The van der Waals surface area contributed by atoms with Crippen molar-refractivity contribution in [3.63, 3.8) is 0 Å². The summed E-state index contributed by atoms with van der Waals surface area (Å²) in [6, 6.07) is 26.0. The summed E-state index contributed by atoms with van der Waals surface area (Å²) in [5.41, 5.74) is 2.79. The molecular formula is C39H50N2O5Si. The summed E-state index contributed by atoms with van der Waals surface area (Å²) < 4.78 is 19.7. The van der Waals surface area contributed by atoms with Gasteiger partial charge in [-0.1, -0.05) is 86.6 Å². The van der Waals surface area contributed by atoms with Crippen LogP contribution in [-0.4, -0.2) is 55.4 Å². The summed E-state index contributed by atoms with van der Waals surface area (Å²) >= 11 is 0. The standard InChI is InChI=1S/C39H50N2O5Si/c1-28-36(22-20-34-35(40-45-37(28)34)21-17-29-23-25-41(26-24-29)38(42)43)44-27-30-15-18-31(19-16-30)46-47(39(2,3)4,32-11-7-5-8-12-32)33-13-9-6-10-14-33/h5-14,20,22,29-31H,15-19,21,23-27H2,1-4H3,(H,42,43). The molecule has 47 heavy (non-hydrogen) atoms. The number of nitrogens with zero attached hydrogens (tertiary/aromatic N) is 2. The Morgan fingerprint density at radius 3 is 2.09 bits per heavy atom. The fraction of sp³-hybridized carbons (Fsp3) is 0.487. The molecule has 2 heterocycles. The summed E-state index contributed by atoms with van der Waals surface area (Å²) in [4.78, 5) is 12.7. The number of likely N-dealkylation sites (tertiary alicyclic amines) is 1. The second-order valence-corrected chi connectivity index (χ2v) is 18.9. The molecule has 3 aromatic carbocycles. The second kappa shape index (κ2) is 14.2. The van der Waals surface area contributed by atoms with Crippen LogP contribution in [0, 0.1) is 18.8 Å². The Hall–Kier alpha value is -3.62. The van der Waals surface area contributed by atoms with Crippen molar-refractivity contribution in [2.75, 3.05) is 19.7 Å². The molecule has 1 aliphatic heterocycles. The average Bonchev–Trinajstić information content (AvgIpc) is 3.50. The minimum Gasteiger partial charge on any atom is -0.493 e. The Balaban J connectivity index is 1.06. The molecule has 250 valence electrons. The van der Waals surface area contributed by atoms with E-state index in [4.69, 9.17) is 13.7 Å². The Kier molecular flexibility index (Phi) is 10.1. The third-order valence-corrected chi connectivity index (χ3v) is 15.7. The molecular weight excluding hydrogens is 605 g/mol. The molecule has 1 saturated heterocycles. The van der Waals surface area contributed by atoms with Gasteiger partial charge in [-0.15, -0.1) is 0 Å². The third-order valence-electron chi connectivity index (χ3n) is 10.6. The van der Waals surface area contributed by atoms with E-state index >= 15 is 0 Å². The summed E-state index contributed by atoms with van der Waals surface area (Å²) in [5.74, 6) is 1.87. The van der Waals surface area contributed by atoms with Gasteiger partial charge in [0.2, 0.25) is 0 Å². The van der Waals surface area contributed by atoms with Crippen molar-refractivity contribution in [3.8, 4) is 5.75 Å². The first kappa shape index (κ1) is 33.3. The van der Waals surface area contributed by atoms with Gasteiger partial charge in [0.05, 0.1) is 12.3 Å². The summed E-state index contributed by atoms with van der Waals surface area (Å²) in [6.45, 7) is 11.0. The summed E-state index contributed by atoms with van der Waals surface area (Å²) in [5, 5.41) is 17.4. The molecule has 0 unspecified atom stereocenters. The molecule has 1 saturated carbocycles. The number of piperidine rings is 1. The fourth-order valence-corrected chi connectivity index (χ4v) is 12.6. The summed E-state index contributed by atoms with van der Waals surface area (Å²) in [7, 11) is -2.56. The molecule has 1 aliphatic carbocycles. The predicted molar refractivity (Wildman–Crippen MR) is 189 cm³/mol. The van der Waals surface area contributed by atoms with Crippen LogP contribution in [0.4, 0.5) is 4.79 Å². The van der Waals surface area contributed by atoms with Crippen LogP contribution in [-0.2, 0) is 10.8 Å². The van der Waals surface area contributed by atoms with Crippen molar-refractivity contribution < 1.29 is 23.6 Å². The SMILES string of the molecule is Cc1c(OCC2CCC(O[Si](c3ccccc3)(c3ccccc3)C(C)(C)C)CC2)ccc2c(CCC3CCN(C(=O)O)CC3)noc12. The van der Waals surface area contributed by atoms with Gasteiger partial charge < -0.3 is 23.7 Å². The lowest BCUT2D eigenvalue weighted by molar-refractivity contribution is 0.102. The first-order chi connectivity index (χ1) is 22.7. The van der Waals surface area contributed by atoms with E-state index in [1.54, 1.807) is 0 Å². The Morgan fingerprint density at radius 1 is 0.894 bits per heavy atom. The fourth-order valence-electron chi connectivity index (χ4n) is 7.82. The maximum absolute atomic E-state index is 11.2. The molecule has 0 bridgehead atoms. The van der Waals surface area contributed by atoms with Gasteiger partial charge in [0.15, 0.2) is 5.58 Å². The van der Waals surface area contributed by atoms with Crippen LogP contribution in [0.1, 0.15) is 77.0 Å². The second-order valence-electron chi connectivity index (χ2n) is 14.7. The highest BCUT2D eigenvalue weighted by Gasteiger charge is 2.51. The van der Waals surface area contributed by atoms with Crippen molar-refractivity contribution in [2.24, 2.45) is 11.8 Å². The lowest BCUT2D eigenvalue weighted by Crippen LogP contribution is -2.67. The number of hydrogen-bond donors (Lipinski definition) is 1. The molecule has 0 atom stereocenters. The van der Waals surface area contributed by atoms with E-state index in [2.05, 4.69) is 106 Å². The normalized spacial score (nSPS) is 19.6. The number of amides is 1. The van der Waals surface area contributed by atoms with Crippen LogP contribution < -0.4 is 15.1 Å². The van der Waals surface area contributed by atoms with Gasteiger partial charge in [-0.3, -0.25) is 0 Å². The van der Waals surface area contributed by atoms with Crippen LogP contribution in [0.25, 0.3) is 11.0 Å². The number of benzene rings is 3. The molecule has 8 heteroatoms. The monoisotopic (exact) mass is 654 g/mol. The van der Waals surface area contributed by atoms with E-state index < -0.39 is 14.4 Å². The highest BCUT2D eigenvalue weighted by molar-refractivity contribution is 6.99. The number of ether oxygens (including phenoxy) is 1. The highest BCUT2D eigenvalue weighted by Crippen LogP contribution is 2.40. The van der Waals surface area contributed by atoms with E-state index in [9.17, 15) is 9.90 Å². The predicted octanol–water partition coefficient (Wildman–Crippen LogP) is 7.97. The van der Waals surface area contributed by atoms with Crippen molar-refractivity contribution >= 4 is 35.8 Å². The van der Waals surface area contributed by atoms with Crippen molar-refractivity contribution in [3.05, 3.63) is 84.1 Å². The van der Waals surface area contributed by atoms with E-state index in [1.165, 1.54) is 15.3 Å². The van der Waals surface area contributed by atoms with Crippen LogP contribution in [0.3, 0.4) is 0 Å². The molecule has 0 radical (unpaired) electrons. The van der Waals surface area contributed by atoms with Crippen molar-refractivity contribution in [2.45, 2.75) is 90.2 Å². The van der Waals surface area contributed by atoms with Crippen molar-refractivity contribution in [1.29, 1.82) is 0 Å². The van der Waals surface area contributed by atoms with E-state index in [1.807, 2.05) is 0 Å². The number of fused-ring (bicyclic) bond motifs is 1. The minimum absolute atomic E-state index is 0.0216. The zero-order valence-corrected chi connectivity index (χ0v) is 29.4. The van der Waals surface area contributed by atoms with E-state index in [0.717, 1.165) is 79.3 Å². The first-order valence-corrected chi connectivity index (χ1v) is 19.3. The quantitative estimate of drug-likeness (QED) is 0.175. The van der Waals surface area contributed by atoms with Crippen LogP contribution in [0.2, 0.25) is 5.04 Å². The Labute approximate surface area is 280 Å². The molecule has 2 aliphatic rings. The maximum Gasteiger partial charge on any atom is 0.407 e. The molecule has 6 rings (SSSR count). The maximum atomic E-state index is 11.2. The van der Waals surface area contributed by atoms with E-state index in [0.29, 0.717) is 31.5 Å². The minimum atomic E-state index is -2.56. The third kappa shape index (κ3) is 7.14. The zero-order valence-electron chi connectivity index (χ0n) is 28.4. The lowest BCUT2D eigenvalue weighted by Gasteiger charge is -2.46. The largest absolute Gasteiger partial charge is 0.493 e. The molecule has 2 fully saturated rings. The lowest BCUT2D eigenvalue weighted by atomic mass is 9.88. The van der Waals surface area contributed by atoms with Gasteiger partial charge in [-0.25, -0.2) is 4.79 Å². The number of carbonyl (C=O) groups is 1. The van der Waals surface area contributed by atoms with Gasteiger partial charge in [-0.05, 0) is 97.7 Å². The Bertz CT molecular complexity index is 1580. The van der Waals surface area contributed by atoms with Gasteiger partial charge in [-0.2, -0.15) is 0 Å². The zero-order chi connectivity index (χ0) is 33.0. The van der Waals surface area contributed by atoms with Gasteiger partial charge in [0, 0.05) is 30.1 Å². The number of aryl methyl sites for hydroxylation is 2. The van der Waals surface area contributed by atoms with Gasteiger partial charge in [0.1, 0.15) is 5.75 Å². The molecule has 1 aromatic heterocycles. The molecule has 1 N–H and O–H groups in total. The van der Waals surface area contributed by atoms with Gasteiger partial charge in [0.25, 0.3) is 8.32 Å². The average molecular weight is 655 g/mol. The Morgan fingerprint density at radius 2 is 1.51 bits per heavy atom. The smallest absolute Gasteiger partial charge is 0.407 e. The molecule has 4 aromatic rings. The van der Waals surface area contributed by atoms with Crippen LogP contribution in [0.15, 0.2) is 77.3 Å². The van der Waals surface area contributed by atoms with Crippen molar-refractivity contribution in [1.82, 2.24) is 10.1 Å². The number of hydrogen-bond acceptors (Lipinski definition) is 5.